The molecule has 26 heavy (non-hydrogen) atoms. The summed E-state index contributed by atoms with van der Waals surface area (Å²) in [5.41, 5.74) is 2.43. The van der Waals surface area contributed by atoms with E-state index in [4.69, 9.17) is 14.2 Å². The summed E-state index contributed by atoms with van der Waals surface area (Å²) < 4.78 is 16.9. The van der Waals surface area contributed by atoms with Gasteiger partial charge in [-0.15, -0.1) is 0 Å². The normalized spacial score (nSPS) is 11.2. The Bertz CT molecular complexity index is 647. The van der Waals surface area contributed by atoms with Crippen LogP contribution in [0.15, 0.2) is 48.5 Å². The van der Waals surface area contributed by atoms with Crippen LogP contribution in [0.2, 0.25) is 0 Å². The lowest BCUT2D eigenvalue weighted by Crippen LogP contribution is -2.14. The van der Waals surface area contributed by atoms with Crippen LogP contribution in [0.1, 0.15) is 33.3 Å². The van der Waals surface area contributed by atoms with E-state index in [9.17, 15) is 0 Å². The number of hydrogen-bond acceptors (Lipinski definition) is 4. The zero-order valence-electron chi connectivity index (χ0n) is 16.4. The Morgan fingerprint density at radius 3 is 2.27 bits per heavy atom. The minimum absolute atomic E-state index is 0.159. The van der Waals surface area contributed by atoms with E-state index < -0.39 is 0 Å². The van der Waals surface area contributed by atoms with Crippen LogP contribution in [0, 0.1) is 0 Å². The first kappa shape index (κ1) is 20.1. The molecular weight excluding hydrogens is 326 g/mol. The summed E-state index contributed by atoms with van der Waals surface area (Å²) in [6.45, 7) is 11.7. The zero-order chi connectivity index (χ0) is 18.8. The highest BCUT2D eigenvalue weighted by molar-refractivity contribution is 5.56. The molecule has 0 radical (unpaired) electrons. The second kappa shape index (κ2) is 10.1. The van der Waals surface area contributed by atoms with E-state index >= 15 is 0 Å². The molecule has 0 fully saturated rings. The number of para-hydroxylation sites is 2. The Morgan fingerprint density at radius 2 is 1.58 bits per heavy atom. The average molecular weight is 357 g/mol. The number of benzene rings is 2. The molecule has 0 saturated carbocycles. The topological polar surface area (TPSA) is 39.7 Å². The molecule has 0 heterocycles. The number of rotatable bonds is 10. The quantitative estimate of drug-likeness (QED) is 0.615. The molecule has 0 amide bonds. The SMILES string of the molecule is CCOCCOc1ccccc1NCCOc1ccc(C(C)(C)C)cc1. The molecule has 4 heteroatoms. The Hall–Kier alpha value is -2.20. The number of hydrogen-bond donors (Lipinski definition) is 1. The first-order valence-corrected chi connectivity index (χ1v) is 9.27. The highest BCUT2D eigenvalue weighted by atomic mass is 16.5. The third-order valence-electron chi connectivity index (χ3n) is 3.98. The molecule has 0 bridgehead atoms. The summed E-state index contributed by atoms with van der Waals surface area (Å²) in [5, 5.41) is 3.37. The van der Waals surface area contributed by atoms with Gasteiger partial charge in [-0.25, -0.2) is 0 Å². The van der Waals surface area contributed by atoms with Gasteiger partial charge < -0.3 is 19.5 Å². The third kappa shape index (κ3) is 6.60. The van der Waals surface area contributed by atoms with Crippen molar-refractivity contribution in [2.45, 2.75) is 33.1 Å². The molecule has 0 atom stereocenters. The molecule has 2 aromatic rings. The molecule has 142 valence electrons. The van der Waals surface area contributed by atoms with Crippen LogP contribution in [0.3, 0.4) is 0 Å². The minimum atomic E-state index is 0.159. The van der Waals surface area contributed by atoms with E-state index in [0.717, 1.165) is 17.2 Å². The molecule has 2 aromatic carbocycles. The van der Waals surface area contributed by atoms with E-state index in [2.05, 4.69) is 38.2 Å². The Labute approximate surface area is 157 Å². The second-order valence-corrected chi connectivity index (χ2v) is 7.09. The van der Waals surface area contributed by atoms with E-state index in [1.807, 2.05) is 43.3 Å². The van der Waals surface area contributed by atoms with Gasteiger partial charge in [-0.3, -0.25) is 0 Å². The number of anilines is 1. The highest BCUT2D eigenvalue weighted by Gasteiger charge is 2.12. The van der Waals surface area contributed by atoms with Gasteiger partial charge in [-0.05, 0) is 42.2 Å². The summed E-state index contributed by atoms with van der Waals surface area (Å²) in [7, 11) is 0. The van der Waals surface area contributed by atoms with Gasteiger partial charge in [0.15, 0.2) is 0 Å². The van der Waals surface area contributed by atoms with Crippen molar-refractivity contribution in [1.82, 2.24) is 0 Å². The maximum atomic E-state index is 5.83. The van der Waals surface area contributed by atoms with Crippen LogP contribution < -0.4 is 14.8 Å². The highest BCUT2D eigenvalue weighted by Crippen LogP contribution is 2.25. The Kier molecular flexibility index (Phi) is 7.79. The smallest absolute Gasteiger partial charge is 0.142 e. The summed E-state index contributed by atoms with van der Waals surface area (Å²) >= 11 is 0. The first-order valence-electron chi connectivity index (χ1n) is 9.27. The minimum Gasteiger partial charge on any atom is -0.492 e. The second-order valence-electron chi connectivity index (χ2n) is 7.09. The zero-order valence-corrected chi connectivity index (χ0v) is 16.4. The molecular formula is C22H31NO3. The monoisotopic (exact) mass is 357 g/mol. The fraction of sp³-hybridized carbons (Fsp3) is 0.455. The van der Waals surface area contributed by atoms with E-state index in [1.54, 1.807) is 0 Å². The van der Waals surface area contributed by atoms with Crippen molar-refractivity contribution in [2.24, 2.45) is 0 Å². The van der Waals surface area contributed by atoms with Crippen molar-refractivity contribution in [3.05, 3.63) is 54.1 Å². The van der Waals surface area contributed by atoms with Crippen LogP contribution in [0.5, 0.6) is 11.5 Å². The van der Waals surface area contributed by atoms with Gasteiger partial charge in [0.05, 0.1) is 12.3 Å². The summed E-state index contributed by atoms with van der Waals surface area (Å²) in [6, 6.07) is 16.2. The standard InChI is InChI=1S/C22H31NO3/c1-5-24-16-17-26-21-9-7-6-8-20(21)23-14-15-25-19-12-10-18(11-13-19)22(2,3)4/h6-13,23H,5,14-17H2,1-4H3. The van der Waals surface area contributed by atoms with Gasteiger partial charge in [0.1, 0.15) is 24.7 Å². The fourth-order valence-corrected chi connectivity index (χ4v) is 2.50. The molecule has 0 aliphatic heterocycles. The van der Waals surface area contributed by atoms with Crippen molar-refractivity contribution in [3.8, 4) is 11.5 Å². The van der Waals surface area contributed by atoms with Gasteiger partial charge >= 0.3 is 0 Å². The summed E-state index contributed by atoms with van der Waals surface area (Å²) in [4.78, 5) is 0. The predicted molar refractivity (Wildman–Crippen MR) is 108 cm³/mol. The Morgan fingerprint density at radius 1 is 0.846 bits per heavy atom. The molecule has 0 aromatic heterocycles. The lowest BCUT2D eigenvalue weighted by molar-refractivity contribution is 0.110. The van der Waals surface area contributed by atoms with Crippen molar-refractivity contribution in [1.29, 1.82) is 0 Å². The molecule has 0 saturated heterocycles. The van der Waals surface area contributed by atoms with Crippen LogP contribution in [0.25, 0.3) is 0 Å². The van der Waals surface area contributed by atoms with E-state index in [0.29, 0.717) is 33.0 Å². The van der Waals surface area contributed by atoms with Gasteiger partial charge in [0.2, 0.25) is 0 Å². The summed E-state index contributed by atoms with van der Waals surface area (Å²) in [5.74, 6) is 1.72. The molecule has 0 aliphatic rings. The number of ether oxygens (including phenoxy) is 3. The summed E-state index contributed by atoms with van der Waals surface area (Å²) in [6.07, 6.45) is 0. The first-order chi connectivity index (χ1) is 12.5. The predicted octanol–water partition coefficient (Wildman–Crippen LogP) is 4.89. The van der Waals surface area contributed by atoms with Crippen LogP contribution in [0.4, 0.5) is 5.69 Å². The van der Waals surface area contributed by atoms with Crippen molar-refractivity contribution in [3.63, 3.8) is 0 Å². The lowest BCUT2D eigenvalue weighted by Gasteiger charge is -2.19. The largest absolute Gasteiger partial charge is 0.492 e. The Balaban J connectivity index is 1.77. The maximum Gasteiger partial charge on any atom is 0.142 e. The van der Waals surface area contributed by atoms with Gasteiger partial charge in [0.25, 0.3) is 0 Å². The molecule has 0 spiro atoms. The van der Waals surface area contributed by atoms with Gasteiger partial charge in [0, 0.05) is 13.2 Å². The van der Waals surface area contributed by atoms with Crippen LogP contribution >= 0.6 is 0 Å². The van der Waals surface area contributed by atoms with Crippen molar-refractivity contribution in [2.75, 3.05) is 38.3 Å². The lowest BCUT2D eigenvalue weighted by atomic mass is 9.87. The van der Waals surface area contributed by atoms with Gasteiger partial charge in [-0.2, -0.15) is 0 Å². The molecule has 1 N–H and O–H groups in total. The maximum absolute atomic E-state index is 5.83. The van der Waals surface area contributed by atoms with Crippen molar-refractivity contribution >= 4 is 5.69 Å². The molecule has 0 unspecified atom stereocenters. The van der Waals surface area contributed by atoms with Crippen molar-refractivity contribution < 1.29 is 14.2 Å². The average Bonchev–Trinajstić information content (AvgIpc) is 2.63. The fourth-order valence-electron chi connectivity index (χ4n) is 2.50. The van der Waals surface area contributed by atoms with Crippen LogP contribution in [-0.2, 0) is 10.2 Å². The van der Waals surface area contributed by atoms with Gasteiger partial charge in [-0.1, -0.05) is 45.0 Å². The molecule has 2 rings (SSSR count). The van der Waals surface area contributed by atoms with Crippen LogP contribution in [-0.4, -0.2) is 33.0 Å². The van der Waals surface area contributed by atoms with E-state index in [-0.39, 0.29) is 5.41 Å². The molecule has 4 nitrogen and oxygen atoms in total. The van der Waals surface area contributed by atoms with E-state index in [1.165, 1.54) is 5.56 Å². The molecule has 0 aliphatic carbocycles. The third-order valence-corrected chi connectivity index (χ3v) is 3.98. The number of nitrogens with one attached hydrogen (secondary N) is 1.